The number of para-hydroxylation sites is 3. The second kappa shape index (κ2) is 12.2. The molecule has 4 aliphatic carbocycles. The van der Waals surface area contributed by atoms with E-state index in [-0.39, 0.29) is 0 Å². The molecule has 0 heterocycles. The number of nitrogens with zero attached hydrogens (tertiary/aromatic N) is 2. The van der Waals surface area contributed by atoms with Crippen LogP contribution in [0.1, 0.15) is 44.1 Å². The van der Waals surface area contributed by atoms with Gasteiger partial charge in [0.05, 0.1) is 0 Å². The summed E-state index contributed by atoms with van der Waals surface area (Å²) in [6.07, 6.45) is 8.66. The van der Waals surface area contributed by atoms with Crippen molar-refractivity contribution in [1.82, 2.24) is 0 Å². The summed E-state index contributed by atoms with van der Waals surface area (Å²) in [5.74, 6) is 2.87. The van der Waals surface area contributed by atoms with Crippen molar-refractivity contribution in [2.24, 2.45) is 17.8 Å². The van der Waals surface area contributed by atoms with Gasteiger partial charge >= 0.3 is 0 Å². The van der Waals surface area contributed by atoms with Crippen molar-refractivity contribution >= 4 is 34.1 Å². The summed E-state index contributed by atoms with van der Waals surface area (Å²) in [5.41, 5.74) is 11.4. The zero-order valence-corrected chi connectivity index (χ0v) is 27.5. The SMILES string of the molecule is c1ccc(N(c2ccccc2)c2ccc(-c3ccc(N(c4ccccc4)c4ccc(C56CC7CC(CC(C7)C5)C6)cc4)cc3)cc2)cc1. The van der Waals surface area contributed by atoms with E-state index in [4.69, 9.17) is 0 Å². The fraction of sp³-hybridized carbons (Fsp3) is 0.217. The fourth-order valence-corrected chi connectivity index (χ4v) is 9.66. The maximum atomic E-state index is 2.46. The Kier molecular flexibility index (Phi) is 7.38. The number of anilines is 6. The van der Waals surface area contributed by atoms with Gasteiger partial charge in [0.25, 0.3) is 0 Å². The Morgan fingerprint density at radius 2 is 0.625 bits per heavy atom. The van der Waals surface area contributed by atoms with Crippen molar-refractivity contribution in [3.63, 3.8) is 0 Å². The van der Waals surface area contributed by atoms with Crippen LogP contribution in [0.15, 0.2) is 164 Å². The van der Waals surface area contributed by atoms with Crippen LogP contribution in [0, 0.1) is 17.8 Å². The first-order chi connectivity index (χ1) is 23.7. The van der Waals surface area contributed by atoms with Gasteiger partial charge in [-0.15, -0.1) is 0 Å². The molecular weight excluding hydrogens is 581 g/mol. The molecule has 6 aromatic carbocycles. The van der Waals surface area contributed by atoms with E-state index in [0.717, 1.165) is 34.8 Å². The van der Waals surface area contributed by atoms with Crippen LogP contribution in [0.5, 0.6) is 0 Å². The molecule has 4 saturated carbocycles. The second-order valence-corrected chi connectivity index (χ2v) is 14.5. The molecule has 0 aromatic heterocycles. The first-order valence-corrected chi connectivity index (χ1v) is 17.8. The van der Waals surface area contributed by atoms with E-state index in [1.54, 1.807) is 5.56 Å². The third kappa shape index (κ3) is 5.40. The third-order valence-electron chi connectivity index (χ3n) is 11.4. The van der Waals surface area contributed by atoms with Gasteiger partial charge < -0.3 is 9.80 Å². The Bertz CT molecular complexity index is 1890. The summed E-state index contributed by atoms with van der Waals surface area (Å²) in [5, 5.41) is 0. The highest BCUT2D eigenvalue weighted by Crippen LogP contribution is 2.60. The Balaban J connectivity index is 0.999. The molecule has 0 spiro atoms. The summed E-state index contributed by atoms with van der Waals surface area (Å²) >= 11 is 0. The molecule has 4 fully saturated rings. The maximum absolute atomic E-state index is 2.46. The van der Waals surface area contributed by atoms with Crippen molar-refractivity contribution in [2.75, 3.05) is 9.80 Å². The maximum Gasteiger partial charge on any atom is 0.0462 e. The molecule has 48 heavy (non-hydrogen) atoms. The monoisotopic (exact) mass is 622 g/mol. The number of hydrogen-bond acceptors (Lipinski definition) is 2. The zero-order valence-electron chi connectivity index (χ0n) is 27.5. The van der Waals surface area contributed by atoms with E-state index in [2.05, 4.69) is 174 Å². The largest absolute Gasteiger partial charge is 0.311 e. The molecule has 2 nitrogen and oxygen atoms in total. The Hall–Kier alpha value is -5.08. The van der Waals surface area contributed by atoms with E-state index < -0.39 is 0 Å². The lowest BCUT2D eigenvalue weighted by molar-refractivity contribution is -0.00518. The van der Waals surface area contributed by atoms with Crippen LogP contribution in [0.4, 0.5) is 34.1 Å². The first kappa shape index (κ1) is 29.1. The molecule has 2 heteroatoms. The fourth-order valence-electron chi connectivity index (χ4n) is 9.66. The van der Waals surface area contributed by atoms with Gasteiger partial charge in [0.2, 0.25) is 0 Å². The quantitative estimate of drug-likeness (QED) is 0.167. The predicted octanol–water partition coefficient (Wildman–Crippen LogP) is 12.8. The highest BCUT2D eigenvalue weighted by Gasteiger charge is 2.51. The topological polar surface area (TPSA) is 6.48 Å². The first-order valence-electron chi connectivity index (χ1n) is 17.8. The van der Waals surface area contributed by atoms with Crippen LogP contribution in [0.25, 0.3) is 11.1 Å². The number of rotatable bonds is 8. The lowest BCUT2D eigenvalue weighted by Gasteiger charge is -2.57. The summed E-state index contributed by atoms with van der Waals surface area (Å²) in [7, 11) is 0. The summed E-state index contributed by atoms with van der Waals surface area (Å²) in [6, 6.07) is 59.6. The third-order valence-corrected chi connectivity index (χ3v) is 11.4. The minimum Gasteiger partial charge on any atom is -0.311 e. The van der Waals surface area contributed by atoms with Gasteiger partial charge in [0.15, 0.2) is 0 Å². The molecule has 4 aliphatic rings. The van der Waals surface area contributed by atoms with Gasteiger partial charge in [0.1, 0.15) is 0 Å². The standard InChI is InChI=1S/C46H42N2/c1-4-10-40(11-5-1)47(41-12-6-2-7-13-41)43-22-16-37(17-23-43)38-18-24-44(25-19-38)48(42-14-8-3-9-15-42)45-26-20-39(21-27-45)46-31-34-28-35(32-46)30-36(29-34)33-46/h1-27,34-36H,28-33H2. The minimum absolute atomic E-state index is 0.418. The van der Waals surface area contributed by atoms with E-state index in [1.807, 2.05) is 0 Å². The summed E-state index contributed by atoms with van der Waals surface area (Å²) in [4.78, 5) is 4.70. The van der Waals surface area contributed by atoms with E-state index in [1.165, 1.54) is 66.7 Å². The normalized spacial score (nSPS) is 22.4. The van der Waals surface area contributed by atoms with Crippen LogP contribution in [0.2, 0.25) is 0 Å². The molecule has 4 bridgehead atoms. The molecular formula is C46H42N2. The van der Waals surface area contributed by atoms with Crippen molar-refractivity contribution in [1.29, 1.82) is 0 Å². The molecule has 236 valence electrons. The molecule has 0 atom stereocenters. The molecule has 0 aliphatic heterocycles. The van der Waals surface area contributed by atoms with Crippen LogP contribution in [-0.4, -0.2) is 0 Å². The van der Waals surface area contributed by atoms with E-state index >= 15 is 0 Å². The van der Waals surface area contributed by atoms with Crippen LogP contribution in [-0.2, 0) is 5.41 Å². The minimum atomic E-state index is 0.418. The lowest BCUT2D eigenvalue weighted by atomic mass is 9.48. The predicted molar refractivity (Wildman–Crippen MR) is 201 cm³/mol. The van der Waals surface area contributed by atoms with Crippen LogP contribution >= 0.6 is 0 Å². The zero-order chi connectivity index (χ0) is 31.9. The molecule has 0 amide bonds. The average molecular weight is 623 g/mol. The Morgan fingerprint density at radius 1 is 0.333 bits per heavy atom. The molecule has 10 rings (SSSR count). The van der Waals surface area contributed by atoms with Gasteiger partial charge in [-0.05, 0) is 151 Å². The molecule has 0 saturated heterocycles. The second-order valence-electron chi connectivity index (χ2n) is 14.5. The van der Waals surface area contributed by atoms with Crippen molar-refractivity contribution in [3.8, 4) is 11.1 Å². The van der Waals surface area contributed by atoms with Gasteiger partial charge in [-0.1, -0.05) is 91.0 Å². The highest BCUT2D eigenvalue weighted by atomic mass is 15.1. The number of benzene rings is 6. The summed E-state index contributed by atoms with van der Waals surface area (Å²) in [6.45, 7) is 0. The average Bonchev–Trinajstić information content (AvgIpc) is 3.14. The molecule has 0 unspecified atom stereocenters. The summed E-state index contributed by atoms with van der Waals surface area (Å²) < 4.78 is 0. The van der Waals surface area contributed by atoms with Gasteiger partial charge in [-0.25, -0.2) is 0 Å². The van der Waals surface area contributed by atoms with Crippen molar-refractivity contribution in [3.05, 3.63) is 169 Å². The van der Waals surface area contributed by atoms with Crippen molar-refractivity contribution < 1.29 is 0 Å². The van der Waals surface area contributed by atoms with Gasteiger partial charge in [-0.2, -0.15) is 0 Å². The van der Waals surface area contributed by atoms with Crippen molar-refractivity contribution in [2.45, 2.75) is 43.9 Å². The van der Waals surface area contributed by atoms with Gasteiger partial charge in [-0.3, -0.25) is 0 Å². The Labute approximate surface area is 285 Å². The molecule has 6 aromatic rings. The lowest BCUT2D eigenvalue weighted by Crippen LogP contribution is -2.48. The van der Waals surface area contributed by atoms with Gasteiger partial charge in [0, 0.05) is 34.1 Å². The smallest absolute Gasteiger partial charge is 0.0462 e. The Morgan fingerprint density at radius 3 is 0.958 bits per heavy atom. The van der Waals surface area contributed by atoms with E-state index in [9.17, 15) is 0 Å². The molecule has 0 N–H and O–H groups in total. The number of hydrogen-bond donors (Lipinski definition) is 0. The highest BCUT2D eigenvalue weighted by molar-refractivity contribution is 5.80. The molecule has 0 radical (unpaired) electrons. The van der Waals surface area contributed by atoms with Crippen LogP contribution in [0.3, 0.4) is 0 Å². The van der Waals surface area contributed by atoms with E-state index in [0.29, 0.717) is 5.41 Å². The van der Waals surface area contributed by atoms with Crippen LogP contribution < -0.4 is 9.80 Å².